The van der Waals surface area contributed by atoms with E-state index < -0.39 is 24.2 Å². The number of hydrogen-bond acceptors (Lipinski definition) is 1. The number of aliphatic hydroxyl groups is 1. The van der Waals surface area contributed by atoms with Gasteiger partial charge in [0.15, 0.2) is 0 Å². The summed E-state index contributed by atoms with van der Waals surface area (Å²) in [5, 5.41) is 8.87. The van der Waals surface area contributed by atoms with Crippen LogP contribution in [0, 0.1) is 146 Å². The molecular formula is C126H276F6O. The fourth-order valence-corrected chi connectivity index (χ4v) is 11.8. The molecule has 828 valence electrons. The molecule has 0 spiro atoms. The quantitative estimate of drug-likeness (QED) is 0.0602. The minimum absolute atomic E-state index is 0.0185. The molecule has 7 heteroatoms. The van der Waals surface area contributed by atoms with E-state index >= 15 is 0 Å². The first-order chi connectivity index (χ1) is 59.8. The van der Waals surface area contributed by atoms with E-state index in [0.717, 1.165) is 178 Å². The Morgan fingerprint density at radius 2 is 0.271 bits per heavy atom. The van der Waals surface area contributed by atoms with E-state index in [1.165, 1.54) is 167 Å². The highest BCUT2D eigenvalue weighted by Gasteiger charge is 2.21. The lowest BCUT2D eigenvalue weighted by molar-refractivity contribution is 0.00756. The van der Waals surface area contributed by atoms with Crippen LogP contribution >= 0.6 is 0 Å². The van der Waals surface area contributed by atoms with Crippen LogP contribution in [0.1, 0.15) is 646 Å². The monoisotopic (exact) mass is 1920 g/mol. The van der Waals surface area contributed by atoms with Crippen molar-refractivity contribution in [1.82, 2.24) is 0 Å². The molecule has 0 aromatic heterocycles. The third kappa shape index (κ3) is 288. The molecule has 1 nitrogen and oxygen atoms in total. The second-order valence-corrected chi connectivity index (χ2v) is 54.2. The van der Waals surface area contributed by atoms with Gasteiger partial charge in [-0.1, -0.05) is 540 Å². The van der Waals surface area contributed by atoms with Gasteiger partial charge >= 0.3 is 0 Å². The maximum Gasteiger partial charge on any atom is 0.245 e. The van der Waals surface area contributed by atoms with Crippen LogP contribution in [0.25, 0.3) is 0 Å². The highest BCUT2D eigenvalue weighted by molar-refractivity contribution is 4.66. The summed E-state index contributed by atoms with van der Waals surface area (Å²) in [5.41, 5.74) is 1.61. The van der Waals surface area contributed by atoms with Crippen LogP contribution in [-0.4, -0.2) is 35.4 Å². The Morgan fingerprint density at radius 3 is 0.383 bits per heavy atom. The Hall–Kier alpha value is -0.460. The van der Waals surface area contributed by atoms with Gasteiger partial charge in [-0.15, -0.1) is 0 Å². The van der Waals surface area contributed by atoms with Crippen LogP contribution in [0.4, 0.5) is 26.3 Å². The summed E-state index contributed by atoms with van der Waals surface area (Å²) >= 11 is 0. The Kier molecular flexibility index (Phi) is 138. The zero-order valence-electron chi connectivity index (χ0n) is 105. The number of hydrogen-bond donors (Lipinski definition) is 1. The molecule has 0 fully saturated rings. The fraction of sp³-hybridized carbons (Fsp3) is 1.00. The maximum absolute atomic E-state index is 12.2. The third-order valence-electron chi connectivity index (χ3n) is 21.3. The Bertz CT molecular complexity index is 1640. The van der Waals surface area contributed by atoms with E-state index in [-0.39, 0.29) is 18.9 Å². The molecule has 0 aromatic rings. The van der Waals surface area contributed by atoms with Gasteiger partial charge in [-0.3, -0.25) is 0 Å². The maximum atomic E-state index is 12.2. The second kappa shape index (κ2) is 110. The number of halogens is 6. The van der Waals surface area contributed by atoms with Crippen LogP contribution in [0.5, 0.6) is 0 Å². The minimum atomic E-state index is -2.47. The Balaban J connectivity index is -0.0000000863. The molecule has 0 radical (unpaired) electrons. The molecule has 3 atom stereocenters. The van der Waals surface area contributed by atoms with Gasteiger partial charge in [0.1, 0.15) is 0 Å². The van der Waals surface area contributed by atoms with Crippen molar-refractivity contribution in [3.63, 3.8) is 0 Å². The first-order valence-electron chi connectivity index (χ1n) is 57.6. The average molecular weight is 1920 g/mol. The second-order valence-electron chi connectivity index (χ2n) is 54.2. The van der Waals surface area contributed by atoms with E-state index in [2.05, 4.69) is 339 Å². The molecule has 0 bridgehead atoms. The van der Waals surface area contributed by atoms with Gasteiger partial charge in [0.05, 0.1) is 18.4 Å². The van der Waals surface area contributed by atoms with Crippen LogP contribution < -0.4 is 0 Å². The number of aliphatic hydroxyl groups excluding tert-OH is 1. The zero-order valence-corrected chi connectivity index (χ0v) is 105. The molecule has 133 heavy (non-hydrogen) atoms. The molecule has 0 aromatic carbocycles. The Labute approximate surface area is 848 Å². The summed E-state index contributed by atoms with van der Waals surface area (Å²) in [4.78, 5) is 0. The van der Waals surface area contributed by atoms with Crippen molar-refractivity contribution < 1.29 is 31.4 Å². The summed E-state index contributed by atoms with van der Waals surface area (Å²) in [6.45, 7) is 127. The summed E-state index contributed by atoms with van der Waals surface area (Å²) in [6, 6.07) is 0. The van der Waals surface area contributed by atoms with Gasteiger partial charge in [0, 0.05) is 12.8 Å². The van der Waals surface area contributed by atoms with Crippen LogP contribution in [0.3, 0.4) is 0 Å². The standard InChI is InChI=1S/2C10H22.4C9H20.C8H16F2.C8H17F.C8H18O.4C8H18.C7H14F2.C7H15F/c2*1-9(2)7-6-8-10(3,4)5;1-8(2)6-7-9(3,4)5;3*1-8(2)6-5-7-9(3)4;1-7(2)5-4-6-8(3,9)10;2*1-7(2)5-4-6-8(3)9;4*1-7(2)5-6-8(3)4;1-6(2)4-5-7(3,8)9;1-6(2)4-5-7(3)8/h2*9H,6-8H2,1-5H3;8H,6-7H2,1-5H3;3*8-9H,5-7H2,1-4H3;7H,4-6H2,1-3H3;7-8H,4-6H2,1-3H3;7-9H,4-6H2,1-3H3;4*7-8H,5-6H2,1-4H3;6H,4-5H2,1-3H3;6-7H,4-5H2,1-3H3/t;;;;;;;;8-;;;;;;/m........0....../s1. The molecule has 2 unspecified atom stereocenters. The van der Waals surface area contributed by atoms with Gasteiger partial charge in [-0.2, -0.15) is 0 Å². The van der Waals surface area contributed by atoms with Crippen molar-refractivity contribution in [2.75, 3.05) is 0 Å². The lowest BCUT2D eigenvalue weighted by atomic mass is 9.88. The van der Waals surface area contributed by atoms with E-state index in [9.17, 15) is 26.3 Å². The summed E-state index contributed by atoms with van der Waals surface area (Å²) < 4.78 is 72.7. The summed E-state index contributed by atoms with van der Waals surface area (Å²) in [6.07, 6.45) is 43.6. The molecule has 0 aliphatic rings. The number of rotatable bonds is 50. The van der Waals surface area contributed by atoms with Crippen molar-refractivity contribution in [3.05, 3.63) is 0 Å². The SMILES string of the molecule is CC(C)CCC(C)(C)C.CC(C)CCC(C)(F)F.CC(C)CCC(C)C.CC(C)CCC(C)C.CC(C)CCC(C)C.CC(C)CCC(C)C.CC(C)CCC(C)F.CC(C)CCCC(C)(C)C.CC(C)CCCC(C)(C)C.CC(C)CCCC(C)(F)F.CC(C)CCCC(C)C.CC(C)CCCC(C)C.CC(C)CCCC(C)C.CC(C)CCCC(C)F.CC(C)CCC[C@H](C)O. The Morgan fingerprint density at radius 1 is 0.143 bits per heavy atom. The highest BCUT2D eigenvalue weighted by atomic mass is 19.3. The van der Waals surface area contributed by atoms with Crippen molar-refractivity contribution in [1.29, 1.82) is 0 Å². The molecular weight excluding hydrogens is 1640 g/mol. The molecule has 1 N–H and O–H groups in total. The highest BCUT2D eigenvalue weighted by Crippen LogP contribution is 2.28. The first-order valence-corrected chi connectivity index (χ1v) is 57.6. The van der Waals surface area contributed by atoms with Crippen molar-refractivity contribution in [3.8, 4) is 0 Å². The number of alkyl halides is 6. The topological polar surface area (TPSA) is 20.2 Å². The van der Waals surface area contributed by atoms with Gasteiger partial charge in [0.2, 0.25) is 11.8 Å². The molecule has 0 saturated carbocycles. The molecule has 0 saturated heterocycles. The lowest BCUT2D eigenvalue weighted by Gasteiger charge is -2.18. The molecule has 0 aliphatic heterocycles. The smallest absolute Gasteiger partial charge is 0.245 e. The third-order valence-corrected chi connectivity index (χ3v) is 21.3. The largest absolute Gasteiger partial charge is 0.393 e. The predicted octanol–water partition coefficient (Wildman–Crippen LogP) is 48.6. The zero-order chi connectivity index (χ0) is 109. The van der Waals surface area contributed by atoms with Crippen LogP contribution in [0.2, 0.25) is 0 Å². The average Bonchev–Trinajstić information content (AvgIpc) is 0.997. The molecule has 0 aliphatic carbocycles. The van der Waals surface area contributed by atoms with Gasteiger partial charge in [-0.25, -0.2) is 26.3 Å². The van der Waals surface area contributed by atoms with Crippen molar-refractivity contribution in [2.24, 2.45) is 146 Å². The van der Waals surface area contributed by atoms with E-state index in [4.69, 9.17) is 5.11 Å². The summed E-state index contributed by atoms with van der Waals surface area (Å²) in [5.74, 6) is 13.2. The van der Waals surface area contributed by atoms with Crippen LogP contribution in [-0.2, 0) is 0 Å². The van der Waals surface area contributed by atoms with Crippen LogP contribution in [0.15, 0.2) is 0 Å². The summed E-state index contributed by atoms with van der Waals surface area (Å²) in [7, 11) is 0. The molecule has 0 amide bonds. The lowest BCUT2D eigenvalue weighted by Crippen LogP contribution is -2.10. The molecule has 0 rings (SSSR count). The normalized spacial score (nSPS) is 12.4. The van der Waals surface area contributed by atoms with Crippen molar-refractivity contribution >= 4 is 0 Å². The van der Waals surface area contributed by atoms with E-state index in [0.29, 0.717) is 46.8 Å². The first kappa shape index (κ1) is 166. The van der Waals surface area contributed by atoms with Gasteiger partial charge in [-0.05, 0) is 239 Å². The van der Waals surface area contributed by atoms with Gasteiger partial charge < -0.3 is 5.11 Å². The van der Waals surface area contributed by atoms with E-state index in [1.807, 2.05) is 34.6 Å². The van der Waals surface area contributed by atoms with E-state index in [1.54, 1.807) is 13.8 Å². The fourth-order valence-electron chi connectivity index (χ4n) is 11.8. The van der Waals surface area contributed by atoms with Crippen molar-refractivity contribution in [2.45, 2.75) is 676 Å². The molecule has 0 heterocycles. The van der Waals surface area contributed by atoms with Gasteiger partial charge in [0.25, 0.3) is 0 Å². The minimum Gasteiger partial charge on any atom is -0.393 e. The predicted molar refractivity (Wildman–Crippen MR) is 614 cm³/mol.